The first-order valence-electron chi connectivity index (χ1n) is 2.08. The van der Waals surface area contributed by atoms with Gasteiger partial charge >= 0.3 is 58.2 Å². The normalized spacial score (nSPS) is 41.3. The molecule has 1 fully saturated rings. The Morgan fingerprint density at radius 2 is 2.67 bits per heavy atom. The van der Waals surface area contributed by atoms with Crippen LogP contribution < -0.4 is 21.2 Å². The molecule has 1 atom stereocenters. The molecular formula is C4H5I2-. The van der Waals surface area contributed by atoms with E-state index in [1.165, 1.54) is 1.93 Å². The van der Waals surface area contributed by atoms with E-state index in [0.29, 0.717) is 0 Å². The Balaban J connectivity index is 2.39. The summed E-state index contributed by atoms with van der Waals surface area (Å²) in [4.78, 5) is 0. The van der Waals surface area contributed by atoms with Gasteiger partial charge in [-0.05, 0) is 0 Å². The third-order valence-corrected chi connectivity index (χ3v) is 12.4. The van der Waals surface area contributed by atoms with Gasteiger partial charge < -0.3 is 0 Å². The van der Waals surface area contributed by atoms with Crippen LogP contribution in [0.1, 0.15) is 12.8 Å². The van der Waals surface area contributed by atoms with Crippen molar-refractivity contribution in [3.63, 3.8) is 0 Å². The standard InChI is InChI=1S/C4H5I2/c1-2-4-5-3(1)6-4/h3H,1-2H2/q-1. The van der Waals surface area contributed by atoms with E-state index >= 15 is 0 Å². The van der Waals surface area contributed by atoms with Crippen LogP contribution >= 0.6 is 20.7 Å². The predicted octanol–water partition coefficient (Wildman–Crippen LogP) is -1.69. The number of fused-ring (bicyclic) bond motifs is 1. The maximum atomic E-state index is 2.07. The fourth-order valence-corrected chi connectivity index (χ4v) is 10.8. The van der Waals surface area contributed by atoms with Crippen LogP contribution in [0.2, 0.25) is 0 Å². The van der Waals surface area contributed by atoms with E-state index in [1.54, 1.807) is 12.8 Å². The SMILES string of the molecule is C1CC2I=C1[I-]2. The fraction of sp³-hybridized carbons (Fsp3) is 0.750. The van der Waals surface area contributed by atoms with Crippen molar-refractivity contribution >= 4 is 22.2 Å². The second-order valence-electron chi connectivity index (χ2n) is 1.49. The van der Waals surface area contributed by atoms with Crippen molar-refractivity contribution in [2.24, 2.45) is 0 Å². The third-order valence-electron chi connectivity index (χ3n) is 1.03. The van der Waals surface area contributed by atoms with E-state index in [4.69, 9.17) is 0 Å². The molecular weight excluding hydrogens is 302 g/mol. The summed E-state index contributed by atoms with van der Waals surface area (Å²) in [7, 11) is 0. The molecule has 2 heteroatoms. The zero-order valence-electron chi connectivity index (χ0n) is 3.25. The molecule has 0 nitrogen and oxygen atoms in total. The minimum atomic E-state index is 0.742. The molecule has 3 aliphatic rings. The van der Waals surface area contributed by atoms with Gasteiger partial charge in [-0.25, -0.2) is 0 Å². The average molecular weight is 307 g/mol. The van der Waals surface area contributed by atoms with Crippen molar-refractivity contribution < 1.29 is 21.2 Å². The van der Waals surface area contributed by atoms with Gasteiger partial charge in [0.15, 0.2) is 0 Å². The molecule has 0 aromatic carbocycles. The van der Waals surface area contributed by atoms with Crippen molar-refractivity contribution in [1.82, 2.24) is 0 Å². The first-order valence-corrected chi connectivity index (χ1v) is 6.72. The van der Waals surface area contributed by atoms with Gasteiger partial charge in [-0.1, -0.05) is 0 Å². The molecule has 1 saturated heterocycles. The number of alkyl halides is 2. The van der Waals surface area contributed by atoms with E-state index in [1.807, 2.05) is 0 Å². The quantitative estimate of drug-likeness (QED) is 0.370. The van der Waals surface area contributed by atoms with E-state index in [2.05, 4.69) is 1.52 Å². The second-order valence-corrected chi connectivity index (χ2v) is 12.8. The molecule has 0 N–H and O–H groups in total. The number of hydrogen-bond acceptors (Lipinski definition) is 0. The zero-order chi connectivity index (χ0) is 3.98. The Kier molecular flexibility index (Phi) is 0.988. The van der Waals surface area contributed by atoms with Crippen molar-refractivity contribution in [2.75, 3.05) is 0 Å². The van der Waals surface area contributed by atoms with Crippen molar-refractivity contribution in [2.45, 2.75) is 14.8 Å². The molecule has 0 radical (unpaired) electrons. The summed E-state index contributed by atoms with van der Waals surface area (Å²) < 4.78 is 3.44. The Hall–Kier alpha value is 1.33. The van der Waals surface area contributed by atoms with Gasteiger partial charge in [-0.3, -0.25) is 0 Å². The first-order chi connectivity index (χ1) is 2.95. The Labute approximate surface area is 57.7 Å². The van der Waals surface area contributed by atoms with Crippen LogP contribution in [0.5, 0.6) is 0 Å². The third kappa shape index (κ3) is 0.487. The molecule has 6 heavy (non-hydrogen) atoms. The van der Waals surface area contributed by atoms with Crippen LogP contribution in [-0.4, -0.2) is 3.45 Å². The summed E-state index contributed by atoms with van der Waals surface area (Å²) in [5, 5.41) is 0. The van der Waals surface area contributed by atoms with Crippen LogP contribution in [0.15, 0.2) is 0 Å². The first kappa shape index (κ1) is 4.23. The van der Waals surface area contributed by atoms with Gasteiger partial charge in [0, 0.05) is 0 Å². The van der Waals surface area contributed by atoms with Gasteiger partial charge in [-0.2, -0.15) is 0 Å². The van der Waals surface area contributed by atoms with Gasteiger partial charge in [-0.15, -0.1) is 0 Å². The summed E-state index contributed by atoms with van der Waals surface area (Å²) >= 11 is 1.48. The van der Waals surface area contributed by atoms with Crippen LogP contribution in [0.3, 0.4) is 0 Å². The fourth-order valence-electron chi connectivity index (χ4n) is 0.703. The van der Waals surface area contributed by atoms with E-state index in [-0.39, 0.29) is 0 Å². The average Bonchev–Trinajstić information content (AvgIpc) is 1.72. The Morgan fingerprint density at radius 1 is 1.83 bits per heavy atom. The summed E-state index contributed by atoms with van der Waals surface area (Å²) in [5.41, 5.74) is 0. The molecule has 0 amide bonds. The molecule has 3 aliphatic heterocycles. The van der Waals surface area contributed by atoms with Crippen molar-refractivity contribution in [3.8, 4) is 0 Å². The number of halogens is 2. The Morgan fingerprint density at radius 3 is 2.83 bits per heavy atom. The molecule has 0 spiro atoms. The zero-order valence-corrected chi connectivity index (χ0v) is 7.56. The number of rotatable bonds is 0. The minimum absolute atomic E-state index is 0.742. The molecule has 0 aromatic rings. The van der Waals surface area contributed by atoms with Gasteiger partial charge in [0.05, 0.1) is 0 Å². The summed E-state index contributed by atoms with van der Waals surface area (Å²) in [5.74, 6) is 0. The van der Waals surface area contributed by atoms with E-state index in [0.717, 1.165) is 41.9 Å². The molecule has 2 bridgehead atoms. The summed E-state index contributed by atoms with van der Waals surface area (Å²) in [6.45, 7) is 0. The molecule has 1 unspecified atom stereocenters. The Bertz CT molecular complexity index is 102. The van der Waals surface area contributed by atoms with E-state index in [9.17, 15) is 0 Å². The molecule has 3 heterocycles. The second kappa shape index (κ2) is 1.40. The van der Waals surface area contributed by atoms with Gasteiger partial charge in [0.25, 0.3) is 0 Å². The molecule has 3 rings (SSSR count). The maximum absolute atomic E-state index is 2.07. The monoisotopic (exact) mass is 307 g/mol. The summed E-state index contributed by atoms with van der Waals surface area (Å²) in [6, 6.07) is 0. The summed E-state index contributed by atoms with van der Waals surface area (Å²) in [6.07, 6.45) is 3.20. The molecule has 0 aromatic heterocycles. The molecule has 0 saturated carbocycles. The van der Waals surface area contributed by atoms with Crippen LogP contribution in [0.25, 0.3) is 0 Å². The van der Waals surface area contributed by atoms with Crippen LogP contribution in [-0.2, 0) is 0 Å². The van der Waals surface area contributed by atoms with Crippen LogP contribution in [0, 0.1) is 0 Å². The topological polar surface area (TPSA) is 0 Å². The van der Waals surface area contributed by atoms with Gasteiger partial charge in [0.2, 0.25) is 0 Å². The van der Waals surface area contributed by atoms with Gasteiger partial charge in [0.1, 0.15) is 0 Å². The van der Waals surface area contributed by atoms with E-state index < -0.39 is 0 Å². The van der Waals surface area contributed by atoms with Crippen molar-refractivity contribution in [3.05, 3.63) is 0 Å². The number of hydrogen-bond donors (Lipinski definition) is 0. The molecule has 0 aliphatic carbocycles. The van der Waals surface area contributed by atoms with Crippen molar-refractivity contribution in [1.29, 1.82) is 0 Å². The predicted molar refractivity (Wildman–Crippen MR) is 32.0 cm³/mol. The molecule has 36 valence electrons. The van der Waals surface area contributed by atoms with Crippen LogP contribution in [0.4, 0.5) is 0 Å².